The van der Waals surface area contributed by atoms with Gasteiger partial charge in [-0.2, -0.15) is 0 Å². The first-order valence-corrected chi connectivity index (χ1v) is 5.94. The number of hydrogen-bond donors (Lipinski definition) is 2. The van der Waals surface area contributed by atoms with Crippen molar-refractivity contribution in [3.05, 3.63) is 29.6 Å². The van der Waals surface area contributed by atoms with Crippen LogP contribution in [0.1, 0.15) is 37.8 Å². The van der Waals surface area contributed by atoms with Crippen LogP contribution in [0.5, 0.6) is 5.75 Å². The Balaban J connectivity index is 2.52. The highest BCUT2D eigenvalue weighted by Gasteiger charge is 2.09. The third-order valence-corrected chi connectivity index (χ3v) is 2.52. The van der Waals surface area contributed by atoms with Gasteiger partial charge in [-0.3, -0.25) is 0 Å². The molecule has 1 aromatic carbocycles. The molecule has 0 bridgehead atoms. The summed E-state index contributed by atoms with van der Waals surface area (Å²) in [5.74, 6) is 0.343. The van der Waals surface area contributed by atoms with Crippen molar-refractivity contribution >= 4 is 0 Å². The van der Waals surface area contributed by atoms with Gasteiger partial charge in [0.25, 0.3) is 0 Å². The summed E-state index contributed by atoms with van der Waals surface area (Å²) < 4.78 is 18.6. The summed E-state index contributed by atoms with van der Waals surface area (Å²) in [5.41, 5.74) is 6.44. The second kappa shape index (κ2) is 7.25. The van der Waals surface area contributed by atoms with E-state index in [1.165, 1.54) is 12.1 Å². The van der Waals surface area contributed by atoms with Crippen LogP contribution in [-0.4, -0.2) is 18.3 Å². The lowest BCUT2D eigenvalue weighted by Gasteiger charge is -2.14. The van der Waals surface area contributed by atoms with E-state index >= 15 is 0 Å². The van der Waals surface area contributed by atoms with Crippen LogP contribution in [0.3, 0.4) is 0 Å². The molecule has 17 heavy (non-hydrogen) atoms. The van der Waals surface area contributed by atoms with Crippen LogP contribution < -0.4 is 10.5 Å². The molecule has 0 aliphatic carbocycles. The van der Waals surface area contributed by atoms with Gasteiger partial charge in [0.15, 0.2) is 0 Å². The fraction of sp³-hybridized carbons (Fsp3) is 0.538. The number of nitrogens with two attached hydrogens (primary N) is 1. The normalized spacial score (nSPS) is 12.5. The van der Waals surface area contributed by atoms with Crippen molar-refractivity contribution in [1.82, 2.24) is 0 Å². The van der Waals surface area contributed by atoms with Gasteiger partial charge >= 0.3 is 0 Å². The van der Waals surface area contributed by atoms with Crippen LogP contribution in [0.25, 0.3) is 0 Å². The molecule has 1 rings (SSSR count). The maximum absolute atomic E-state index is 13.1. The number of rotatable bonds is 7. The molecule has 1 aromatic rings. The van der Waals surface area contributed by atoms with Crippen LogP contribution >= 0.6 is 0 Å². The average Bonchev–Trinajstić information content (AvgIpc) is 2.30. The van der Waals surface area contributed by atoms with Crippen molar-refractivity contribution in [2.45, 2.75) is 32.2 Å². The van der Waals surface area contributed by atoms with Gasteiger partial charge in [0.05, 0.1) is 6.61 Å². The highest BCUT2D eigenvalue weighted by Crippen LogP contribution is 2.24. The van der Waals surface area contributed by atoms with Crippen LogP contribution in [0.4, 0.5) is 4.39 Å². The minimum atomic E-state index is -0.301. The molecule has 1 atom stereocenters. The summed E-state index contributed by atoms with van der Waals surface area (Å²) in [4.78, 5) is 0. The minimum absolute atomic E-state index is 0.210. The summed E-state index contributed by atoms with van der Waals surface area (Å²) in [7, 11) is 0. The lowest BCUT2D eigenvalue weighted by Crippen LogP contribution is -2.09. The second-order valence-electron chi connectivity index (χ2n) is 4.10. The average molecular weight is 241 g/mol. The van der Waals surface area contributed by atoms with Crippen molar-refractivity contribution in [2.24, 2.45) is 5.73 Å². The van der Waals surface area contributed by atoms with Crippen molar-refractivity contribution in [1.29, 1.82) is 0 Å². The number of halogens is 1. The zero-order valence-electron chi connectivity index (χ0n) is 10.2. The molecule has 0 spiro atoms. The standard InChI is InChI=1S/C13H20FNO2/c1-10(15)12-9-11(14)5-6-13(12)17-8-4-2-3-7-16/h5-6,9-10,16H,2-4,7-8,15H2,1H3. The first-order valence-electron chi connectivity index (χ1n) is 5.94. The molecule has 0 aliphatic rings. The molecular weight excluding hydrogens is 221 g/mol. The van der Waals surface area contributed by atoms with E-state index in [0.29, 0.717) is 17.9 Å². The third kappa shape index (κ3) is 4.71. The minimum Gasteiger partial charge on any atom is -0.493 e. The quantitative estimate of drug-likeness (QED) is 0.721. The van der Waals surface area contributed by atoms with Crippen molar-refractivity contribution in [2.75, 3.05) is 13.2 Å². The van der Waals surface area contributed by atoms with Gasteiger partial charge in [-0.15, -0.1) is 0 Å². The summed E-state index contributed by atoms with van der Waals surface area (Å²) in [6, 6.07) is 4.14. The Morgan fingerprint density at radius 1 is 1.35 bits per heavy atom. The zero-order chi connectivity index (χ0) is 12.7. The van der Waals surface area contributed by atoms with Crippen LogP contribution in [0.2, 0.25) is 0 Å². The van der Waals surface area contributed by atoms with Crippen molar-refractivity contribution in [3.8, 4) is 5.75 Å². The first kappa shape index (κ1) is 13.9. The monoisotopic (exact) mass is 241 g/mol. The molecule has 96 valence electrons. The number of aliphatic hydroxyl groups is 1. The summed E-state index contributed by atoms with van der Waals surface area (Å²) in [6.45, 7) is 2.57. The Morgan fingerprint density at radius 3 is 2.76 bits per heavy atom. The summed E-state index contributed by atoms with van der Waals surface area (Å²) in [6.07, 6.45) is 2.58. The predicted octanol–water partition coefficient (Wildman–Crippen LogP) is 2.39. The van der Waals surface area contributed by atoms with E-state index in [9.17, 15) is 4.39 Å². The van der Waals surface area contributed by atoms with E-state index in [1.807, 2.05) is 0 Å². The van der Waals surface area contributed by atoms with E-state index in [1.54, 1.807) is 13.0 Å². The molecule has 4 heteroatoms. The van der Waals surface area contributed by atoms with Gasteiger partial charge in [-0.1, -0.05) is 0 Å². The highest BCUT2D eigenvalue weighted by atomic mass is 19.1. The molecule has 0 radical (unpaired) electrons. The number of aliphatic hydroxyl groups excluding tert-OH is 1. The Morgan fingerprint density at radius 2 is 2.12 bits per heavy atom. The highest BCUT2D eigenvalue weighted by molar-refractivity contribution is 5.36. The molecule has 3 N–H and O–H groups in total. The van der Waals surface area contributed by atoms with Gasteiger partial charge in [-0.25, -0.2) is 4.39 Å². The predicted molar refractivity (Wildman–Crippen MR) is 65.4 cm³/mol. The number of hydrogen-bond acceptors (Lipinski definition) is 3. The van der Waals surface area contributed by atoms with Crippen LogP contribution in [-0.2, 0) is 0 Å². The second-order valence-corrected chi connectivity index (χ2v) is 4.10. The van der Waals surface area contributed by atoms with Gasteiger partial charge in [0, 0.05) is 18.2 Å². The molecule has 0 aliphatic heterocycles. The lowest BCUT2D eigenvalue weighted by molar-refractivity contribution is 0.265. The van der Waals surface area contributed by atoms with Crippen molar-refractivity contribution < 1.29 is 14.2 Å². The molecule has 0 saturated heterocycles. The zero-order valence-corrected chi connectivity index (χ0v) is 10.2. The first-order chi connectivity index (χ1) is 8.15. The Bertz CT molecular complexity index is 342. The van der Waals surface area contributed by atoms with E-state index in [-0.39, 0.29) is 18.5 Å². The molecule has 0 amide bonds. The molecule has 3 nitrogen and oxygen atoms in total. The molecule has 0 fully saturated rings. The fourth-order valence-corrected chi connectivity index (χ4v) is 1.58. The maximum atomic E-state index is 13.1. The number of unbranched alkanes of at least 4 members (excludes halogenated alkanes) is 2. The lowest BCUT2D eigenvalue weighted by atomic mass is 10.1. The Kier molecular flexibility index (Phi) is 5.94. The largest absolute Gasteiger partial charge is 0.493 e. The fourth-order valence-electron chi connectivity index (χ4n) is 1.58. The van der Waals surface area contributed by atoms with E-state index in [4.69, 9.17) is 15.6 Å². The van der Waals surface area contributed by atoms with Gasteiger partial charge < -0.3 is 15.6 Å². The summed E-state index contributed by atoms with van der Waals surface area (Å²) >= 11 is 0. The van der Waals surface area contributed by atoms with E-state index in [2.05, 4.69) is 0 Å². The van der Waals surface area contributed by atoms with E-state index < -0.39 is 0 Å². The summed E-state index contributed by atoms with van der Waals surface area (Å²) in [5, 5.41) is 8.63. The van der Waals surface area contributed by atoms with Gasteiger partial charge in [-0.05, 0) is 44.4 Å². The Labute approximate surface area is 101 Å². The van der Waals surface area contributed by atoms with Crippen LogP contribution in [0, 0.1) is 5.82 Å². The number of ether oxygens (including phenoxy) is 1. The molecule has 1 unspecified atom stereocenters. The molecule has 0 aromatic heterocycles. The van der Waals surface area contributed by atoms with Crippen molar-refractivity contribution in [3.63, 3.8) is 0 Å². The molecule has 0 saturated carbocycles. The molecule has 0 heterocycles. The van der Waals surface area contributed by atoms with Gasteiger partial charge in [0.2, 0.25) is 0 Å². The smallest absolute Gasteiger partial charge is 0.124 e. The van der Waals surface area contributed by atoms with Crippen LogP contribution in [0.15, 0.2) is 18.2 Å². The molecular formula is C13H20FNO2. The Hall–Kier alpha value is -1.13. The number of benzene rings is 1. The topological polar surface area (TPSA) is 55.5 Å². The third-order valence-electron chi connectivity index (χ3n) is 2.52. The SMILES string of the molecule is CC(N)c1cc(F)ccc1OCCCCCO. The van der Waals surface area contributed by atoms with E-state index in [0.717, 1.165) is 19.3 Å². The van der Waals surface area contributed by atoms with Gasteiger partial charge in [0.1, 0.15) is 11.6 Å². The maximum Gasteiger partial charge on any atom is 0.124 e.